The van der Waals surface area contributed by atoms with Gasteiger partial charge < -0.3 is 25.0 Å². The maximum atomic E-state index is 12.6. The zero-order chi connectivity index (χ0) is 20.5. The number of nitrogens with one attached hydrogen (secondary N) is 2. The number of amides is 2. The lowest BCUT2D eigenvalue weighted by Gasteiger charge is -2.12. The van der Waals surface area contributed by atoms with Crippen molar-refractivity contribution in [1.29, 1.82) is 0 Å². The molecule has 0 saturated carbocycles. The molecule has 1 aromatic heterocycles. The topological polar surface area (TPSA) is 92.8 Å². The van der Waals surface area contributed by atoms with Crippen molar-refractivity contribution in [1.82, 2.24) is 15.2 Å². The molecule has 0 fully saturated rings. The molecule has 0 spiro atoms. The number of hydrogen-bond acceptors (Lipinski definition) is 6. The predicted octanol–water partition coefficient (Wildman–Crippen LogP) is 2.03. The minimum absolute atomic E-state index is 0.261. The molecule has 0 radical (unpaired) electrons. The summed E-state index contributed by atoms with van der Waals surface area (Å²) in [6, 6.07) is 6.59. The van der Waals surface area contributed by atoms with E-state index in [1.165, 1.54) is 25.6 Å². The molecule has 0 aliphatic rings. The molecule has 2 aromatic rings. The first-order valence-electron chi connectivity index (χ1n) is 8.86. The van der Waals surface area contributed by atoms with E-state index in [0.717, 1.165) is 13.0 Å². The fraction of sp³-hybridized carbons (Fsp3) is 0.350. The highest BCUT2D eigenvalue weighted by atomic mass is 16.5. The average Bonchev–Trinajstić information content (AvgIpc) is 2.71. The summed E-state index contributed by atoms with van der Waals surface area (Å²) in [4.78, 5) is 30.9. The second-order valence-corrected chi connectivity index (χ2v) is 6.40. The molecular formula is C20H26N4O4. The number of ether oxygens (including phenoxy) is 2. The maximum absolute atomic E-state index is 12.6. The average molecular weight is 386 g/mol. The molecule has 150 valence electrons. The number of carbonyl (C=O) groups excluding carboxylic acids is 2. The lowest BCUT2D eigenvalue weighted by Crippen LogP contribution is -2.27. The second-order valence-electron chi connectivity index (χ2n) is 6.40. The summed E-state index contributed by atoms with van der Waals surface area (Å²) >= 11 is 0. The van der Waals surface area contributed by atoms with Gasteiger partial charge in [0.1, 0.15) is 11.5 Å². The fourth-order valence-electron chi connectivity index (χ4n) is 2.48. The highest BCUT2D eigenvalue weighted by Gasteiger charge is 2.14. The standard InChI is InChI=1S/C20H26N4O4/c1-24(2)9-5-8-22-19(25)14-10-15(13-21-12-14)20(26)23-17-7-6-16(27-3)11-18(17)28-4/h6-7,10-13H,5,8-9H2,1-4H3,(H,22,25)(H,23,26). The van der Waals surface area contributed by atoms with Gasteiger partial charge in [-0.3, -0.25) is 14.6 Å². The Labute approximate surface area is 164 Å². The van der Waals surface area contributed by atoms with E-state index in [1.54, 1.807) is 25.3 Å². The van der Waals surface area contributed by atoms with Crippen LogP contribution >= 0.6 is 0 Å². The molecule has 0 unspecified atom stereocenters. The van der Waals surface area contributed by atoms with Crippen LogP contribution in [0.1, 0.15) is 27.1 Å². The number of methoxy groups -OCH3 is 2. The van der Waals surface area contributed by atoms with Crippen LogP contribution in [0.2, 0.25) is 0 Å². The van der Waals surface area contributed by atoms with Gasteiger partial charge in [0.15, 0.2) is 0 Å². The first-order valence-corrected chi connectivity index (χ1v) is 8.86. The summed E-state index contributed by atoms with van der Waals surface area (Å²) < 4.78 is 10.4. The van der Waals surface area contributed by atoms with E-state index in [2.05, 4.69) is 15.6 Å². The number of pyridine rings is 1. The molecule has 2 amide bonds. The number of carbonyl (C=O) groups is 2. The van der Waals surface area contributed by atoms with E-state index < -0.39 is 5.91 Å². The molecule has 0 aliphatic carbocycles. The van der Waals surface area contributed by atoms with E-state index in [9.17, 15) is 9.59 Å². The van der Waals surface area contributed by atoms with Crippen molar-refractivity contribution in [3.63, 3.8) is 0 Å². The molecule has 8 heteroatoms. The molecule has 8 nitrogen and oxygen atoms in total. The lowest BCUT2D eigenvalue weighted by molar-refractivity contribution is 0.0952. The molecule has 0 aliphatic heterocycles. The molecule has 0 bridgehead atoms. The first-order chi connectivity index (χ1) is 13.4. The van der Waals surface area contributed by atoms with Crippen LogP contribution < -0.4 is 20.1 Å². The van der Waals surface area contributed by atoms with Gasteiger partial charge in [-0.2, -0.15) is 0 Å². The smallest absolute Gasteiger partial charge is 0.257 e. The molecule has 1 aromatic carbocycles. The lowest BCUT2D eigenvalue weighted by atomic mass is 10.1. The number of benzene rings is 1. The molecule has 2 N–H and O–H groups in total. The predicted molar refractivity (Wildman–Crippen MR) is 107 cm³/mol. The zero-order valence-electron chi connectivity index (χ0n) is 16.6. The van der Waals surface area contributed by atoms with E-state index in [1.807, 2.05) is 19.0 Å². The van der Waals surface area contributed by atoms with Gasteiger partial charge in [-0.25, -0.2) is 0 Å². The summed E-state index contributed by atoms with van der Waals surface area (Å²) in [5, 5.41) is 5.59. The summed E-state index contributed by atoms with van der Waals surface area (Å²) in [5.41, 5.74) is 1.10. The van der Waals surface area contributed by atoms with E-state index in [4.69, 9.17) is 9.47 Å². The Morgan fingerprint density at radius 3 is 2.39 bits per heavy atom. The van der Waals surface area contributed by atoms with Gasteiger partial charge in [0.05, 0.1) is 31.0 Å². The number of anilines is 1. The molecule has 2 rings (SSSR count). The van der Waals surface area contributed by atoms with Crippen molar-refractivity contribution < 1.29 is 19.1 Å². The monoisotopic (exact) mass is 386 g/mol. The molecular weight excluding hydrogens is 360 g/mol. The zero-order valence-corrected chi connectivity index (χ0v) is 16.6. The molecule has 1 heterocycles. The van der Waals surface area contributed by atoms with E-state index in [0.29, 0.717) is 29.3 Å². The van der Waals surface area contributed by atoms with Crippen LogP contribution in [0.4, 0.5) is 5.69 Å². The largest absolute Gasteiger partial charge is 0.497 e. The quantitative estimate of drug-likeness (QED) is 0.641. The number of hydrogen-bond donors (Lipinski definition) is 2. The number of nitrogens with zero attached hydrogens (tertiary/aromatic N) is 2. The third kappa shape index (κ3) is 5.95. The summed E-state index contributed by atoms with van der Waals surface area (Å²) in [7, 11) is 7.01. The van der Waals surface area contributed by atoms with Gasteiger partial charge in [-0.1, -0.05) is 0 Å². The maximum Gasteiger partial charge on any atom is 0.257 e. The normalized spacial score (nSPS) is 10.5. The van der Waals surface area contributed by atoms with E-state index in [-0.39, 0.29) is 11.5 Å². The van der Waals surface area contributed by atoms with Gasteiger partial charge >= 0.3 is 0 Å². The molecule has 0 atom stereocenters. The van der Waals surface area contributed by atoms with Gasteiger partial charge in [0.25, 0.3) is 11.8 Å². The number of aromatic nitrogens is 1. The fourth-order valence-corrected chi connectivity index (χ4v) is 2.48. The summed E-state index contributed by atoms with van der Waals surface area (Å²) in [5.74, 6) is 0.432. The SMILES string of the molecule is COc1ccc(NC(=O)c2cncc(C(=O)NCCCN(C)C)c2)c(OC)c1. The Morgan fingerprint density at radius 2 is 1.75 bits per heavy atom. The van der Waals surface area contributed by atoms with Gasteiger partial charge in [-0.15, -0.1) is 0 Å². The van der Waals surface area contributed by atoms with Crippen LogP contribution in [0.5, 0.6) is 11.5 Å². The van der Waals surface area contributed by atoms with Crippen molar-refractivity contribution in [2.75, 3.05) is 46.7 Å². The highest BCUT2D eigenvalue weighted by Crippen LogP contribution is 2.29. The third-order valence-corrected chi connectivity index (χ3v) is 3.99. The Kier molecular flexibility index (Phi) is 7.76. The van der Waals surface area contributed by atoms with Crippen LogP contribution in [0.25, 0.3) is 0 Å². The molecule has 28 heavy (non-hydrogen) atoms. The van der Waals surface area contributed by atoms with Crippen molar-refractivity contribution in [2.24, 2.45) is 0 Å². The van der Waals surface area contributed by atoms with Crippen LogP contribution in [0, 0.1) is 0 Å². The third-order valence-electron chi connectivity index (χ3n) is 3.99. The second kappa shape index (κ2) is 10.3. The number of rotatable bonds is 9. The first kappa shape index (κ1) is 21.2. The Morgan fingerprint density at radius 1 is 1.04 bits per heavy atom. The Hall–Kier alpha value is -3.13. The van der Waals surface area contributed by atoms with Gasteiger partial charge in [0.2, 0.25) is 0 Å². The van der Waals surface area contributed by atoms with Crippen molar-refractivity contribution in [2.45, 2.75) is 6.42 Å². The Bertz CT molecular complexity index is 824. The van der Waals surface area contributed by atoms with Crippen molar-refractivity contribution in [3.05, 3.63) is 47.8 Å². The van der Waals surface area contributed by atoms with Crippen LogP contribution in [-0.4, -0.2) is 63.1 Å². The minimum atomic E-state index is -0.391. The summed E-state index contributed by atoms with van der Waals surface area (Å²) in [6.45, 7) is 1.43. The van der Waals surface area contributed by atoms with Gasteiger partial charge in [-0.05, 0) is 45.3 Å². The van der Waals surface area contributed by atoms with Gasteiger partial charge in [0, 0.05) is 25.0 Å². The molecule has 0 saturated heterocycles. The highest BCUT2D eigenvalue weighted by molar-refractivity contribution is 6.06. The van der Waals surface area contributed by atoms with Crippen molar-refractivity contribution in [3.8, 4) is 11.5 Å². The van der Waals surface area contributed by atoms with Crippen LogP contribution in [0.15, 0.2) is 36.7 Å². The van der Waals surface area contributed by atoms with Crippen LogP contribution in [-0.2, 0) is 0 Å². The van der Waals surface area contributed by atoms with Crippen molar-refractivity contribution >= 4 is 17.5 Å². The van der Waals surface area contributed by atoms with Crippen LogP contribution in [0.3, 0.4) is 0 Å². The Balaban J connectivity index is 2.05. The van der Waals surface area contributed by atoms with E-state index >= 15 is 0 Å². The summed E-state index contributed by atoms with van der Waals surface area (Å²) in [6.07, 6.45) is 3.68. The minimum Gasteiger partial charge on any atom is -0.497 e.